The van der Waals surface area contributed by atoms with Crippen molar-refractivity contribution in [3.63, 3.8) is 0 Å². The molecule has 3 rings (SSSR count). The van der Waals surface area contributed by atoms with Crippen LogP contribution in [0.25, 0.3) is 0 Å². The van der Waals surface area contributed by atoms with Crippen molar-refractivity contribution < 1.29 is 32.2 Å². The first-order chi connectivity index (χ1) is 11.8. The highest BCUT2D eigenvalue weighted by Crippen LogP contribution is 2.37. The van der Waals surface area contributed by atoms with Crippen molar-refractivity contribution in [2.24, 2.45) is 0 Å². The van der Waals surface area contributed by atoms with E-state index in [4.69, 9.17) is 21.1 Å². The van der Waals surface area contributed by atoms with Crippen LogP contribution in [-0.4, -0.2) is 32.7 Å². The number of fused-ring (bicyclic) bond motifs is 1. The van der Waals surface area contributed by atoms with Crippen molar-refractivity contribution in [3.05, 3.63) is 46.7 Å². The lowest BCUT2D eigenvalue weighted by molar-refractivity contribution is 0.0685. The molecular weight excluding hydrogens is 377 g/mol. The average Bonchev–Trinajstić information content (AvgIpc) is 2.56. The molecule has 1 aliphatic rings. The van der Waals surface area contributed by atoms with Gasteiger partial charge in [-0.25, -0.2) is 17.6 Å². The molecule has 2 aromatic carbocycles. The molecule has 0 bridgehead atoms. The zero-order chi connectivity index (χ0) is 18.2. The first-order valence-corrected chi connectivity index (χ1v) is 8.79. The Morgan fingerprint density at radius 1 is 1.20 bits per heavy atom. The molecule has 0 saturated heterocycles. The van der Waals surface area contributed by atoms with Gasteiger partial charge < -0.3 is 14.6 Å². The van der Waals surface area contributed by atoms with E-state index in [-0.39, 0.29) is 41.0 Å². The Morgan fingerprint density at radius 3 is 2.60 bits per heavy atom. The fraction of sp³-hybridized carbons (Fsp3) is 0.133. The molecule has 10 heteroatoms. The van der Waals surface area contributed by atoms with E-state index in [0.29, 0.717) is 0 Å². The molecule has 0 saturated carbocycles. The molecule has 132 valence electrons. The van der Waals surface area contributed by atoms with Gasteiger partial charge in [0.25, 0.3) is 10.0 Å². The summed E-state index contributed by atoms with van der Waals surface area (Å²) in [6.07, 6.45) is 0. The number of hydrogen-bond acceptors (Lipinski definition) is 5. The summed E-state index contributed by atoms with van der Waals surface area (Å²) >= 11 is 5.63. The van der Waals surface area contributed by atoms with E-state index >= 15 is 0 Å². The van der Waals surface area contributed by atoms with Crippen molar-refractivity contribution in [1.29, 1.82) is 0 Å². The van der Waals surface area contributed by atoms with Gasteiger partial charge in [0.2, 0.25) is 0 Å². The molecule has 2 aromatic rings. The third-order valence-corrected chi connectivity index (χ3v) is 4.91. The van der Waals surface area contributed by atoms with Gasteiger partial charge in [-0.15, -0.1) is 0 Å². The Morgan fingerprint density at radius 2 is 1.92 bits per heavy atom. The number of carboxylic acids is 1. The first kappa shape index (κ1) is 17.3. The molecule has 0 spiro atoms. The Kier molecular flexibility index (Phi) is 4.44. The lowest BCUT2D eigenvalue weighted by Crippen LogP contribution is -2.20. The van der Waals surface area contributed by atoms with E-state index in [0.717, 1.165) is 24.3 Å². The summed E-state index contributed by atoms with van der Waals surface area (Å²) in [7, 11) is -4.27. The fourth-order valence-electron chi connectivity index (χ4n) is 2.22. The van der Waals surface area contributed by atoms with Gasteiger partial charge in [0.1, 0.15) is 24.6 Å². The molecule has 25 heavy (non-hydrogen) atoms. The largest absolute Gasteiger partial charge is 0.486 e. The van der Waals surface area contributed by atoms with Crippen LogP contribution in [0.3, 0.4) is 0 Å². The van der Waals surface area contributed by atoms with Crippen molar-refractivity contribution in [2.75, 3.05) is 17.9 Å². The number of rotatable bonds is 4. The second-order valence-electron chi connectivity index (χ2n) is 5.03. The second kappa shape index (κ2) is 6.41. The summed E-state index contributed by atoms with van der Waals surface area (Å²) in [4.78, 5) is 11.0. The van der Waals surface area contributed by atoms with Crippen molar-refractivity contribution in [1.82, 2.24) is 0 Å². The molecule has 0 aromatic heterocycles. The number of carboxylic acid groups (broad SMARTS) is 1. The Bertz CT molecular complexity index is 963. The number of sulfonamides is 1. The molecule has 0 fully saturated rings. The van der Waals surface area contributed by atoms with Crippen LogP contribution in [-0.2, 0) is 10.0 Å². The van der Waals surface area contributed by atoms with Gasteiger partial charge in [-0.05, 0) is 24.3 Å². The topological polar surface area (TPSA) is 102 Å². The maximum atomic E-state index is 13.8. The first-order valence-electron chi connectivity index (χ1n) is 6.93. The molecular formula is C15H11ClFNO6S. The predicted molar refractivity (Wildman–Crippen MR) is 86.6 cm³/mol. The third-order valence-electron chi connectivity index (χ3n) is 3.33. The minimum atomic E-state index is -4.27. The zero-order valence-electron chi connectivity index (χ0n) is 12.5. The molecule has 0 unspecified atom stereocenters. The Labute approximate surface area is 147 Å². The molecule has 0 radical (unpaired) electrons. The summed E-state index contributed by atoms with van der Waals surface area (Å²) in [5, 5.41) is 9.37. The number of carbonyl (C=O) groups is 1. The van der Waals surface area contributed by atoms with Crippen molar-refractivity contribution in [3.8, 4) is 11.5 Å². The number of halogens is 2. The lowest BCUT2D eigenvalue weighted by atomic mass is 10.2. The minimum Gasteiger partial charge on any atom is -0.486 e. The zero-order valence-corrected chi connectivity index (χ0v) is 14.0. The Balaban J connectivity index is 2.05. The van der Waals surface area contributed by atoms with E-state index in [9.17, 15) is 22.7 Å². The molecule has 7 nitrogen and oxygen atoms in total. The number of aromatic carboxylic acids is 1. The maximum Gasteiger partial charge on any atom is 0.339 e. The van der Waals surface area contributed by atoms with E-state index in [1.807, 2.05) is 0 Å². The third kappa shape index (κ3) is 3.47. The smallest absolute Gasteiger partial charge is 0.339 e. The van der Waals surface area contributed by atoms with Gasteiger partial charge in [0.15, 0.2) is 11.5 Å². The molecule has 2 N–H and O–H groups in total. The van der Waals surface area contributed by atoms with Gasteiger partial charge in [-0.2, -0.15) is 0 Å². The van der Waals surface area contributed by atoms with Crippen LogP contribution in [0.4, 0.5) is 10.1 Å². The number of anilines is 1. The van der Waals surface area contributed by atoms with Crippen LogP contribution in [0.5, 0.6) is 11.5 Å². The second-order valence-corrected chi connectivity index (χ2v) is 7.15. The van der Waals surface area contributed by atoms with Crippen LogP contribution in [0.2, 0.25) is 5.02 Å². The highest BCUT2D eigenvalue weighted by Gasteiger charge is 2.26. The van der Waals surface area contributed by atoms with E-state index in [1.54, 1.807) is 0 Å². The van der Waals surface area contributed by atoms with Crippen molar-refractivity contribution >= 4 is 33.3 Å². The summed E-state index contributed by atoms with van der Waals surface area (Å²) in [6, 6.07) is 5.47. The highest BCUT2D eigenvalue weighted by molar-refractivity contribution is 7.92. The summed E-state index contributed by atoms with van der Waals surface area (Å²) < 4.78 is 51.4. The quantitative estimate of drug-likeness (QED) is 0.836. The number of nitrogens with one attached hydrogen (secondary N) is 1. The predicted octanol–water partition coefficient (Wildman–Crippen LogP) is 2.75. The van der Waals surface area contributed by atoms with Gasteiger partial charge >= 0.3 is 5.97 Å². The molecule has 0 amide bonds. The summed E-state index contributed by atoms with van der Waals surface area (Å²) in [5.74, 6) is -2.30. The van der Waals surface area contributed by atoms with Crippen LogP contribution in [0.15, 0.2) is 35.2 Å². The van der Waals surface area contributed by atoms with Crippen molar-refractivity contribution in [2.45, 2.75) is 4.90 Å². The van der Waals surface area contributed by atoms with Gasteiger partial charge in [-0.1, -0.05) is 11.6 Å². The number of ether oxygens (including phenoxy) is 2. The summed E-state index contributed by atoms with van der Waals surface area (Å²) in [5.41, 5.74) is -0.690. The van der Waals surface area contributed by atoms with E-state index in [2.05, 4.69) is 4.72 Å². The van der Waals surface area contributed by atoms with E-state index < -0.39 is 26.7 Å². The van der Waals surface area contributed by atoms with Crippen LogP contribution < -0.4 is 14.2 Å². The Hall–Kier alpha value is -2.52. The van der Waals surface area contributed by atoms with Gasteiger partial charge in [0, 0.05) is 11.1 Å². The van der Waals surface area contributed by atoms with Crippen LogP contribution >= 0.6 is 11.6 Å². The average molecular weight is 388 g/mol. The molecule has 1 heterocycles. The molecule has 0 atom stereocenters. The van der Waals surface area contributed by atoms with Crippen LogP contribution in [0, 0.1) is 5.82 Å². The minimum absolute atomic E-state index is 0.0110. The SMILES string of the molecule is O=C(O)c1cc(S(=O)(=O)Nc2ccc(Cl)cc2F)cc2c1OCCO2. The lowest BCUT2D eigenvalue weighted by Gasteiger charge is -2.21. The van der Waals surface area contributed by atoms with Gasteiger partial charge in [0.05, 0.1) is 10.6 Å². The van der Waals surface area contributed by atoms with Crippen LogP contribution in [0.1, 0.15) is 10.4 Å². The number of hydrogen-bond donors (Lipinski definition) is 2. The molecule has 0 aliphatic carbocycles. The fourth-order valence-corrected chi connectivity index (χ4v) is 3.49. The normalized spacial score (nSPS) is 13.4. The monoisotopic (exact) mass is 387 g/mol. The number of benzene rings is 2. The van der Waals surface area contributed by atoms with Gasteiger partial charge in [-0.3, -0.25) is 4.72 Å². The highest BCUT2D eigenvalue weighted by atomic mass is 35.5. The molecule has 1 aliphatic heterocycles. The van der Waals surface area contributed by atoms with E-state index in [1.165, 1.54) is 6.07 Å². The standard InChI is InChI=1S/C15H11ClFNO6S/c16-8-1-2-12(11(17)5-8)18-25(21,22)9-6-10(15(19)20)14-13(7-9)23-3-4-24-14/h1-2,5-7,18H,3-4H2,(H,19,20). The maximum absolute atomic E-state index is 13.8. The summed E-state index contributed by atoms with van der Waals surface area (Å²) in [6.45, 7) is 0.294.